The van der Waals surface area contributed by atoms with Crippen molar-refractivity contribution in [1.82, 2.24) is 10.0 Å². The molecule has 0 aliphatic rings. The number of carbonyl (C=O) groups excluding carboxylic acids is 1. The lowest BCUT2D eigenvalue weighted by atomic mass is 10.1. The highest BCUT2D eigenvalue weighted by molar-refractivity contribution is 7.89. The summed E-state index contributed by atoms with van der Waals surface area (Å²) >= 11 is 0. The van der Waals surface area contributed by atoms with E-state index in [1.165, 1.54) is 19.3 Å². The minimum atomic E-state index is -3.80. The molecule has 2 aromatic carbocycles. The van der Waals surface area contributed by atoms with E-state index in [0.717, 1.165) is 10.8 Å². The highest BCUT2D eigenvalue weighted by Gasteiger charge is 2.22. The van der Waals surface area contributed by atoms with E-state index in [1.807, 2.05) is 24.3 Å². The average molecular weight is 358 g/mol. The van der Waals surface area contributed by atoms with Gasteiger partial charge in [-0.05, 0) is 42.0 Å². The molecule has 7 heteroatoms. The van der Waals surface area contributed by atoms with Crippen molar-refractivity contribution < 1.29 is 17.6 Å². The number of carbonyl (C=O) groups is 1. The lowest BCUT2D eigenvalue weighted by molar-refractivity contribution is -0.122. The molecule has 1 aromatic heterocycles. The number of rotatable bonds is 6. The third-order valence-corrected chi connectivity index (χ3v) is 5.31. The molecule has 0 fully saturated rings. The van der Waals surface area contributed by atoms with Gasteiger partial charge in [-0.1, -0.05) is 30.3 Å². The van der Waals surface area contributed by atoms with Gasteiger partial charge in [-0.25, -0.2) is 8.42 Å². The Balaban J connectivity index is 1.69. The average Bonchev–Trinajstić information content (AvgIpc) is 3.12. The molecule has 0 aliphatic heterocycles. The van der Waals surface area contributed by atoms with Crippen LogP contribution in [0.25, 0.3) is 10.8 Å². The second-order valence-electron chi connectivity index (χ2n) is 5.65. The Morgan fingerprint density at radius 1 is 1.08 bits per heavy atom. The van der Waals surface area contributed by atoms with Crippen LogP contribution < -0.4 is 10.0 Å². The van der Waals surface area contributed by atoms with E-state index < -0.39 is 22.0 Å². The molecule has 0 spiro atoms. The van der Waals surface area contributed by atoms with Gasteiger partial charge in [0.1, 0.15) is 5.76 Å². The first kappa shape index (κ1) is 17.2. The SMILES string of the molecule is C[C@H](NS(=O)(=O)c1ccc2ccccc2c1)C(=O)NCc1ccco1. The molecule has 0 radical (unpaired) electrons. The first-order valence-electron chi connectivity index (χ1n) is 7.77. The zero-order chi connectivity index (χ0) is 17.9. The Hall–Kier alpha value is -2.64. The molecule has 130 valence electrons. The second-order valence-corrected chi connectivity index (χ2v) is 7.36. The summed E-state index contributed by atoms with van der Waals surface area (Å²) in [5.41, 5.74) is 0. The van der Waals surface area contributed by atoms with Crippen molar-refractivity contribution in [1.29, 1.82) is 0 Å². The normalized spacial score (nSPS) is 12.8. The molecule has 0 bridgehead atoms. The Morgan fingerprint density at radius 2 is 1.84 bits per heavy atom. The summed E-state index contributed by atoms with van der Waals surface area (Å²) in [7, 11) is -3.80. The summed E-state index contributed by atoms with van der Waals surface area (Å²) in [6.45, 7) is 1.70. The molecule has 1 amide bonds. The summed E-state index contributed by atoms with van der Waals surface area (Å²) in [6, 6.07) is 14.9. The second kappa shape index (κ2) is 7.08. The lowest BCUT2D eigenvalue weighted by Gasteiger charge is -2.14. The summed E-state index contributed by atoms with van der Waals surface area (Å²) in [4.78, 5) is 12.2. The summed E-state index contributed by atoms with van der Waals surface area (Å²) < 4.78 is 32.5. The van der Waals surface area contributed by atoms with Gasteiger partial charge < -0.3 is 9.73 Å². The molecule has 6 nitrogen and oxygen atoms in total. The number of furan rings is 1. The van der Waals surface area contributed by atoms with Gasteiger partial charge >= 0.3 is 0 Å². The van der Waals surface area contributed by atoms with E-state index in [4.69, 9.17) is 4.42 Å². The highest BCUT2D eigenvalue weighted by atomic mass is 32.2. The summed E-state index contributed by atoms with van der Waals surface area (Å²) in [5, 5.41) is 4.40. The third kappa shape index (κ3) is 4.07. The third-order valence-electron chi connectivity index (χ3n) is 3.77. The van der Waals surface area contributed by atoms with Gasteiger partial charge in [-0.2, -0.15) is 4.72 Å². The van der Waals surface area contributed by atoms with E-state index in [2.05, 4.69) is 10.0 Å². The molecule has 0 unspecified atom stereocenters. The van der Waals surface area contributed by atoms with Gasteiger partial charge in [-0.15, -0.1) is 0 Å². The minimum absolute atomic E-state index is 0.122. The minimum Gasteiger partial charge on any atom is -0.467 e. The largest absolute Gasteiger partial charge is 0.467 e. The van der Waals surface area contributed by atoms with Crippen molar-refractivity contribution >= 4 is 26.7 Å². The number of nitrogens with one attached hydrogen (secondary N) is 2. The highest BCUT2D eigenvalue weighted by Crippen LogP contribution is 2.19. The van der Waals surface area contributed by atoms with Gasteiger partial charge in [0.25, 0.3) is 0 Å². The molecule has 0 saturated heterocycles. The van der Waals surface area contributed by atoms with Gasteiger partial charge in [0, 0.05) is 0 Å². The zero-order valence-electron chi connectivity index (χ0n) is 13.6. The van der Waals surface area contributed by atoms with Crippen molar-refractivity contribution in [2.45, 2.75) is 24.4 Å². The van der Waals surface area contributed by atoms with E-state index in [-0.39, 0.29) is 11.4 Å². The van der Waals surface area contributed by atoms with E-state index in [1.54, 1.807) is 24.3 Å². The van der Waals surface area contributed by atoms with Crippen LogP contribution in [0.2, 0.25) is 0 Å². The van der Waals surface area contributed by atoms with E-state index >= 15 is 0 Å². The maximum Gasteiger partial charge on any atom is 0.241 e. The number of fused-ring (bicyclic) bond motifs is 1. The number of benzene rings is 2. The quantitative estimate of drug-likeness (QED) is 0.708. The molecule has 0 aliphatic carbocycles. The van der Waals surface area contributed by atoms with Crippen LogP contribution in [0.15, 0.2) is 70.2 Å². The molecule has 0 saturated carbocycles. The number of hydrogen-bond acceptors (Lipinski definition) is 4. The monoisotopic (exact) mass is 358 g/mol. The Kier molecular flexibility index (Phi) is 4.87. The number of sulfonamides is 1. The zero-order valence-corrected chi connectivity index (χ0v) is 14.4. The topological polar surface area (TPSA) is 88.4 Å². The molecular formula is C18H18N2O4S. The predicted molar refractivity (Wildman–Crippen MR) is 94.3 cm³/mol. The standard InChI is InChI=1S/C18H18N2O4S/c1-13(18(21)19-12-16-7-4-10-24-16)20-25(22,23)17-9-8-14-5-2-3-6-15(14)11-17/h2-11,13,20H,12H2,1H3,(H,19,21)/t13-/m0/s1. The Bertz CT molecular complexity index is 981. The maximum atomic E-state index is 12.5. The van der Waals surface area contributed by atoms with Crippen LogP contribution in [0.5, 0.6) is 0 Å². The fraction of sp³-hybridized carbons (Fsp3) is 0.167. The van der Waals surface area contributed by atoms with Crippen molar-refractivity contribution in [3.05, 3.63) is 66.6 Å². The van der Waals surface area contributed by atoms with Crippen LogP contribution in [0.4, 0.5) is 0 Å². The van der Waals surface area contributed by atoms with Crippen LogP contribution in [0.1, 0.15) is 12.7 Å². The smallest absolute Gasteiger partial charge is 0.241 e. The first-order valence-corrected chi connectivity index (χ1v) is 9.25. The van der Waals surface area contributed by atoms with Crippen molar-refractivity contribution in [2.75, 3.05) is 0 Å². The molecule has 1 atom stereocenters. The molecule has 25 heavy (non-hydrogen) atoms. The lowest BCUT2D eigenvalue weighted by Crippen LogP contribution is -2.44. The van der Waals surface area contributed by atoms with Crippen LogP contribution in [-0.4, -0.2) is 20.4 Å². The van der Waals surface area contributed by atoms with Crippen molar-refractivity contribution in [3.8, 4) is 0 Å². The molecular weight excluding hydrogens is 340 g/mol. The maximum absolute atomic E-state index is 12.5. The van der Waals surface area contributed by atoms with Crippen LogP contribution in [0, 0.1) is 0 Å². The van der Waals surface area contributed by atoms with E-state index in [0.29, 0.717) is 5.76 Å². The van der Waals surface area contributed by atoms with Gasteiger partial charge in [0.15, 0.2) is 0 Å². The van der Waals surface area contributed by atoms with Crippen LogP contribution >= 0.6 is 0 Å². The predicted octanol–water partition coefficient (Wildman–Crippen LogP) is 2.42. The van der Waals surface area contributed by atoms with Gasteiger partial charge in [-0.3, -0.25) is 4.79 Å². The fourth-order valence-corrected chi connectivity index (χ4v) is 3.67. The number of amides is 1. The summed E-state index contributed by atoms with van der Waals surface area (Å²) in [6.07, 6.45) is 1.51. The first-order chi connectivity index (χ1) is 12.0. The van der Waals surface area contributed by atoms with Gasteiger partial charge in [0.2, 0.25) is 15.9 Å². The molecule has 3 aromatic rings. The van der Waals surface area contributed by atoms with Crippen molar-refractivity contribution in [2.24, 2.45) is 0 Å². The Morgan fingerprint density at radius 3 is 2.56 bits per heavy atom. The molecule has 1 heterocycles. The van der Waals surface area contributed by atoms with E-state index in [9.17, 15) is 13.2 Å². The summed E-state index contributed by atoms with van der Waals surface area (Å²) in [5.74, 6) is 0.165. The van der Waals surface area contributed by atoms with Crippen LogP contribution in [-0.2, 0) is 21.4 Å². The van der Waals surface area contributed by atoms with Crippen LogP contribution in [0.3, 0.4) is 0 Å². The fourth-order valence-electron chi connectivity index (χ4n) is 2.43. The Labute approximate surface area is 145 Å². The number of hydrogen-bond donors (Lipinski definition) is 2. The van der Waals surface area contributed by atoms with Gasteiger partial charge in [0.05, 0.1) is 23.7 Å². The molecule has 2 N–H and O–H groups in total. The van der Waals surface area contributed by atoms with Crippen molar-refractivity contribution in [3.63, 3.8) is 0 Å². The molecule has 3 rings (SSSR count).